The van der Waals surface area contributed by atoms with Gasteiger partial charge in [0.2, 0.25) is 0 Å². The van der Waals surface area contributed by atoms with Gasteiger partial charge in [-0.1, -0.05) is 10.2 Å². The predicted octanol–water partition coefficient (Wildman–Crippen LogP) is 2.01. The van der Waals surface area contributed by atoms with Crippen LogP contribution in [0.2, 0.25) is 0 Å². The van der Waals surface area contributed by atoms with Gasteiger partial charge in [0, 0.05) is 15.4 Å². The molecule has 0 aliphatic heterocycles. The van der Waals surface area contributed by atoms with E-state index >= 15 is 0 Å². The largest absolute Gasteiger partial charge is 0.466 e. The van der Waals surface area contributed by atoms with Crippen LogP contribution < -0.4 is 0 Å². The normalized spacial score (nSPS) is 7.54. The highest BCUT2D eigenvalue weighted by Gasteiger charge is 2.07. The molecule has 0 fully saturated rings. The number of methoxy groups -OCH3 is 1. The number of hydrogen-bond donors (Lipinski definition) is 0. The van der Waals surface area contributed by atoms with Crippen LogP contribution in [-0.4, -0.2) is 13.1 Å². The van der Waals surface area contributed by atoms with Gasteiger partial charge in [-0.15, -0.1) is 0 Å². The summed E-state index contributed by atoms with van der Waals surface area (Å²) < 4.78 is 4.32. The number of nitrogens with zero attached hydrogens (tertiary/aromatic N) is 6. The van der Waals surface area contributed by atoms with Crippen molar-refractivity contribution in [2.24, 2.45) is 10.2 Å². The van der Waals surface area contributed by atoms with E-state index in [-0.39, 0.29) is 11.4 Å². The minimum Gasteiger partial charge on any atom is -0.466 e. The Balaban J connectivity index is 5.18. The second-order valence-electron chi connectivity index (χ2n) is 1.82. The lowest BCUT2D eigenvalue weighted by molar-refractivity contribution is -0.136. The summed E-state index contributed by atoms with van der Waals surface area (Å²) in [6.45, 7) is 1.32. The molecule has 0 aromatic heterocycles. The molecule has 0 amide bonds. The van der Waals surface area contributed by atoms with Crippen molar-refractivity contribution >= 4 is 5.97 Å². The minimum absolute atomic E-state index is 0.0434. The van der Waals surface area contributed by atoms with E-state index in [1.165, 1.54) is 6.92 Å². The van der Waals surface area contributed by atoms with E-state index in [0.29, 0.717) is 0 Å². The first-order chi connectivity index (χ1) is 6.17. The number of esters is 1. The third-order valence-electron chi connectivity index (χ3n) is 1.11. The van der Waals surface area contributed by atoms with Gasteiger partial charge in [0.25, 0.3) is 0 Å². The Bertz CT molecular complexity index is 313. The van der Waals surface area contributed by atoms with Crippen molar-refractivity contribution in [2.45, 2.75) is 6.92 Å². The van der Waals surface area contributed by atoms with Gasteiger partial charge in [-0.25, -0.2) is 4.79 Å². The summed E-state index contributed by atoms with van der Waals surface area (Å²) >= 11 is 0. The summed E-state index contributed by atoms with van der Waals surface area (Å²) in [5.41, 5.74) is 16.1. The molecule has 0 aromatic carbocycles. The average Bonchev–Trinajstić information content (AvgIpc) is 2.15. The predicted molar refractivity (Wildman–Crippen MR) is 43.0 cm³/mol. The van der Waals surface area contributed by atoms with Gasteiger partial charge in [-0.2, -0.15) is 0 Å². The van der Waals surface area contributed by atoms with E-state index in [9.17, 15) is 4.79 Å². The molecule has 0 saturated carbocycles. The molecule has 0 atom stereocenters. The molecule has 8 nitrogen and oxygen atoms in total. The van der Waals surface area contributed by atoms with E-state index in [1.807, 2.05) is 0 Å². The topological polar surface area (TPSA) is 124 Å². The molecule has 0 saturated heterocycles. The van der Waals surface area contributed by atoms with Gasteiger partial charge in [-0.3, -0.25) is 0 Å². The Morgan fingerprint density at radius 2 is 1.77 bits per heavy atom. The lowest BCUT2D eigenvalue weighted by Gasteiger charge is -1.98. The number of azide groups is 1. The zero-order chi connectivity index (χ0) is 10.3. The molecule has 0 heterocycles. The van der Waals surface area contributed by atoms with E-state index < -0.39 is 5.97 Å². The van der Waals surface area contributed by atoms with Crippen LogP contribution in [0.4, 0.5) is 0 Å². The summed E-state index contributed by atoms with van der Waals surface area (Å²) in [6.07, 6.45) is 0. The van der Waals surface area contributed by atoms with Crippen LogP contribution in [0.15, 0.2) is 21.6 Å². The lowest BCUT2D eigenvalue weighted by Crippen LogP contribution is -2.03. The van der Waals surface area contributed by atoms with E-state index in [1.54, 1.807) is 0 Å². The number of rotatable bonds is 3. The Morgan fingerprint density at radius 3 is 2.08 bits per heavy atom. The molecule has 0 aromatic rings. The third kappa shape index (κ3) is 3.15. The van der Waals surface area contributed by atoms with Crippen LogP contribution in [0.1, 0.15) is 6.92 Å². The van der Waals surface area contributed by atoms with Gasteiger partial charge >= 0.3 is 5.97 Å². The fourth-order valence-corrected chi connectivity index (χ4v) is 0.499. The molecule has 0 spiro atoms. The Labute approximate surface area is 73.1 Å². The van der Waals surface area contributed by atoms with Crippen molar-refractivity contribution < 1.29 is 9.53 Å². The van der Waals surface area contributed by atoms with E-state index in [2.05, 4.69) is 24.8 Å². The highest BCUT2D eigenvalue weighted by Crippen LogP contribution is 2.09. The summed E-state index contributed by atoms with van der Waals surface area (Å²) in [4.78, 5) is 15.6. The molecule has 0 aliphatic rings. The van der Waals surface area contributed by atoms with Crippen LogP contribution in [0.3, 0.4) is 0 Å². The summed E-state index contributed by atoms with van der Waals surface area (Å²) in [5, 5.41) is 6.04. The molecule has 0 aliphatic carbocycles. The van der Waals surface area contributed by atoms with Gasteiger partial charge in [-0.05, 0) is 18.0 Å². The van der Waals surface area contributed by atoms with Crippen LogP contribution in [-0.2, 0) is 9.53 Å². The zero-order valence-corrected chi connectivity index (χ0v) is 7.00. The van der Waals surface area contributed by atoms with Crippen molar-refractivity contribution in [3.05, 3.63) is 32.3 Å². The maximum absolute atomic E-state index is 10.9. The molecule has 0 radical (unpaired) electrons. The molecule has 0 rings (SSSR count). The second kappa shape index (κ2) is 5.48. The molecule has 13 heavy (non-hydrogen) atoms. The Hall–Kier alpha value is -2.17. The van der Waals surface area contributed by atoms with Crippen LogP contribution >= 0.6 is 0 Å². The van der Waals surface area contributed by atoms with Gasteiger partial charge in [0.1, 0.15) is 5.82 Å². The highest BCUT2D eigenvalue weighted by molar-refractivity contribution is 5.88. The lowest BCUT2D eigenvalue weighted by atomic mass is 10.3. The van der Waals surface area contributed by atoms with Crippen molar-refractivity contribution in [3.63, 3.8) is 0 Å². The third-order valence-corrected chi connectivity index (χ3v) is 1.11. The number of carbonyl (C=O) groups excluding carboxylic acids is 1. The molecule has 0 bridgehead atoms. The number of hydrogen-bond acceptors (Lipinski definition) is 4. The summed E-state index contributed by atoms with van der Waals surface area (Å²) in [6, 6.07) is 0. The zero-order valence-electron chi connectivity index (χ0n) is 7.00. The average molecular weight is 182 g/mol. The summed E-state index contributed by atoms with van der Waals surface area (Å²) in [5.74, 6) is -1.05. The summed E-state index contributed by atoms with van der Waals surface area (Å²) in [7, 11) is 1.16. The van der Waals surface area contributed by atoms with Crippen molar-refractivity contribution in [3.8, 4) is 0 Å². The molecule has 0 N–H and O–H groups in total. The van der Waals surface area contributed by atoms with Gasteiger partial charge in [0.05, 0.1) is 7.11 Å². The SMILES string of the molecule is COC(=O)C(C)=C(N=[N+]=[N-])N=[N+]=[N-]. The Kier molecular flexibility index (Phi) is 4.56. The van der Waals surface area contributed by atoms with Crippen molar-refractivity contribution in [1.82, 2.24) is 0 Å². The molecule has 0 unspecified atom stereocenters. The molecule has 68 valence electrons. The van der Waals surface area contributed by atoms with Crippen molar-refractivity contribution in [1.29, 1.82) is 0 Å². The number of carbonyl (C=O) groups is 1. The fraction of sp³-hybridized carbons (Fsp3) is 0.400. The standard InChI is InChI=1S/C5H6N6O2/c1-3(5(12)13-2)4(8-10-6)9-11-7/h1-2H3. The Morgan fingerprint density at radius 1 is 1.31 bits per heavy atom. The second-order valence-corrected chi connectivity index (χ2v) is 1.82. The van der Waals surface area contributed by atoms with Crippen LogP contribution in [0.5, 0.6) is 0 Å². The minimum atomic E-state index is -0.713. The first-order valence-electron chi connectivity index (χ1n) is 3.06. The van der Waals surface area contributed by atoms with Crippen LogP contribution in [0, 0.1) is 0 Å². The fourth-order valence-electron chi connectivity index (χ4n) is 0.499. The highest BCUT2D eigenvalue weighted by atomic mass is 16.5. The monoisotopic (exact) mass is 182 g/mol. The van der Waals surface area contributed by atoms with E-state index in [4.69, 9.17) is 11.1 Å². The molecular formula is C5H6N6O2. The first-order valence-corrected chi connectivity index (χ1v) is 3.06. The maximum Gasteiger partial charge on any atom is 0.333 e. The van der Waals surface area contributed by atoms with Crippen LogP contribution in [0.25, 0.3) is 20.9 Å². The first kappa shape index (κ1) is 10.8. The quantitative estimate of drug-likeness (QED) is 0.217. The van der Waals surface area contributed by atoms with E-state index in [0.717, 1.165) is 7.11 Å². The van der Waals surface area contributed by atoms with Gasteiger partial charge in [0.15, 0.2) is 0 Å². The van der Waals surface area contributed by atoms with Gasteiger partial charge < -0.3 is 4.74 Å². The smallest absolute Gasteiger partial charge is 0.333 e. The number of ether oxygens (including phenoxy) is 1. The molecular weight excluding hydrogens is 176 g/mol. The van der Waals surface area contributed by atoms with Crippen molar-refractivity contribution in [2.75, 3.05) is 7.11 Å². The maximum atomic E-state index is 10.9. The molecule has 8 heteroatoms.